The van der Waals surface area contributed by atoms with Gasteiger partial charge in [-0.15, -0.1) is 0 Å². The molecule has 2 saturated carbocycles. The molecule has 0 aromatic heterocycles. The van der Waals surface area contributed by atoms with Gasteiger partial charge in [-0.25, -0.2) is 0 Å². The highest BCUT2D eigenvalue weighted by atomic mass is 16.1. The van der Waals surface area contributed by atoms with Crippen molar-refractivity contribution in [2.24, 2.45) is 17.1 Å². The van der Waals surface area contributed by atoms with Gasteiger partial charge in [-0.3, -0.25) is 4.79 Å². The summed E-state index contributed by atoms with van der Waals surface area (Å²) in [6.07, 6.45) is 9.80. The molecule has 2 atom stereocenters. The Labute approximate surface area is 124 Å². The number of carbonyl (C=O) groups is 1. The van der Waals surface area contributed by atoms with E-state index >= 15 is 0 Å². The molecule has 3 nitrogen and oxygen atoms in total. The third-order valence-electron chi connectivity index (χ3n) is 5.34. The minimum atomic E-state index is -0.226. The number of nitrogens with two attached hydrogens (primary N) is 1. The molecule has 0 aromatic carbocycles. The number of rotatable bonds is 3. The molecule has 0 spiro atoms. The standard InChI is InChI=1S/C17H32N2O/c1-16(2,3)13-8-4-5-9-14(13)19-15(20)12-17(18)10-6-7-11-17/h13-14H,4-12,18H2,1-3H3,(H,19,20). The molecule has 2 aliphatic rings. The van der Waals surface area contributed by atoms with Crippen molar-refractivity contribution in [1.29, 1.82) is 0 Å². The Balaban J connectivity index is 1.91. The van der Waals surface area contributed by atoms with Gasteiger partial charge in [-0.2, -0.15) is 0 Å². The Hall–Kier alpha value is -0.570. The zero-order valence-electron chi connectivity index (χ0n) is 13.5. The lowest BCUT2D eigenvalue weighted by Crippen LogP contribution is -2.49. The van der Waals surface area contributed by atoms with E-state index in [9.17, 15) is 4.79 Å². The molecule has 2 fully saturated rings. The van der Waals surface area contributed by atoms with Crippen LogP contribution in [0.5, 0.6) is 0 Å². The molecule has 0 heterocycles. The maximum absolute atomic E-state index is 12.4. The third-order valence-corrected chi connectivity index (χ3v) is 5.34. The molecular formula is C17H32N2O. The van der Waals surface area contributed by atoms with E-state index in [1.165, 1.54) is 32.1 Å². The van der Waals surface area contributed by atoms with Crippen molar-refractivity contribution in [1.82, 2.24) is 5.32 Å². The molecule has 0 aromatic rings. The Kier molecular flexibility index (Phi) is 4.78. The third kappa shape index (κ3) is 3.97. The highest BCUT2D eigenvalue weighted by Crippen LogP contribution is 2.38. The van der Waals surface area contributed by atoms with Crippen molar-refractivity contribution in [2.75, 3.05) is 0 Å². The van der Waals surface area contributed by atoms with Crippen LogP contribution in [-0.2, 0) is 4.79 Å². The molecule has 2 rings (SSSR count). The molecule has 0 aliphatic heterocycles. The van der Waals surface area contributed by atoms with Gasteiger partial charge in [0.2, 0.25) is 5.91 Å². The summed E-state index contributed by atoms with van der Waals surface area (Å²) in [4.78, 5) is 12.4. The van der Waals surface area contributed by atoms with Crippen LogP contribution in [0.4, 0.5) is 0 Å². The molecule has 20 heavy (non-hydrogen) atoms. The summed E-state index contributed by atoms with van der Waals surface area (Å²) in [5, 5.41) is 3.31. The van der Waals surface area contributed by atoms with E-state index in [1.807, 2.05) is 0 Å². The van der Waals surface area contributed by atoms with Gasteiger partial charge < -0.3 is 11.1 Å². The van der Waals surface area contributed by atoms with Gasteiger partial charge in [-0.05, 0) is 37.0 Å². The number of hydrogen-bond acceptors (Lipinski definition) is 2. The van der Waals surface area contributed by atoms with Crippen molar-refractivity contribution in [2.45, 2.75) is 90.1 Å². The smallest absolute Gasteiger partial charge is 0.222 e. The van der Waals surface area contributed by atoms with Crippen LogP contribution in [0, 0.1) is 11.3 Å². The van der Waals surface area contributed by atoms with Gasteiger partial charge in [0.25, 0.3) is 0 Å². The van der Waals surface area contributed by atoms with E-state index in [4.69, 9.17) is 5.73 Å². The van der Waals surface area contributed by atoms with Crippen LogP contribution in [0.2, 0.25) is 0 Å². The summed E-state index contributed by atoms with van der Waals surface area (Å²) < 4.78 is 0. The van der Waals surface area contributed by atoms with Crippen LogP contribution in [0.15, 0.2) is 0 Å². The molecule has 0 radical (unpaired) electrons. The second-order valence-corrected chi connectivity index (χ2v) is 8.18. The van der Waals surface area contributed by atoms with E-state index in [0.29, 0.717) is 18.4 Å². The second kappa shape index (κ2) is 6.05. The first-order chi connectivity index (χ1) is 9.30. The van der Waals surface area contributed by atoms with Gasteiger partial charge in [0.05, 0.1) is 0 Å². The zero-order valence-corrected chi connectivity index (χ0v) is 13.5. The summed E-state index contributed by atoms with van der Waals surface area (Å²) >= 11 is 0. The molecule has 3 heteroatoms. The minimum Gasteiger partial charge on any atom is -0.353 e. The molecule has 1 amide bonds. The summed E-state index contributed by atoms with van der Waals surface area (Å²) in [7, 11) is 0. The fourth-order valence-electron chi connectivity index (χ4n) is 4.17. The van der Waals surface area contributed by atoms with Gasteiger partial charge in [-0.1, -0.05) is 46.5 Å². The lowest BCUT2D eigenvalue weighted by molar-refractivity contribution is -0.124. The fraction of sp³-hybridized carbons (Fsp3) is 0.941. The average Bonchev–Trinajstić information content (AvgIpc) is 2.74. The summed E-state index contributed by atoms with van der Waals surface area (Å²) in [5.41, 5.74) is 6.37. The maximum atomic E-state index is 12.4. The first-order valence-electron chi connectivity index (χ1n) is 8.38. The first-order valence-corrected chi connectivity index (χ1v) is 8.38. The molecule has 2 aliphatic carbocycles. The Bertz CT molecular complexity index is 339. The number of hydrogen-bond donors (Lipinski definition) is 2. The molecular weight excluding hydrogens is 248 g/mol. The highest BCUT2D eigenvalue weighted by molar-refractivity contribution is 5.77. The average molecular weight is 280 g/mol. The van der Waals surface area contributed by atoms with E-state index in [0.717, 1.165) is 19.3 Å². The van der Waals surface area contributed by atoms with Gasteiger partial charge >= 0.3 is 0 Å². The second-order valence-electron chi connectivity index (χ2n) is 8.18. The lowest BCUT2D eigenvalue weighted by Gasteiger charge is -2.41. The monoisotopic (exact) mass is 280 g/mol. The van der Waals surface area contributed by atoms with Crippen molar-refractivity contribution in [3.63, 3.8) is 0 Å². The van der Waals surface area contributed by atoms with Crippen molar-refractivity contribution < 1.29 is 4.79 Å². The zero-order chi connectivity index (χ0) is 14.8. The van der Waals surface area contributed by atoms with E-state index in [-0.39, 0.29) is 16.9 Å². The van der Waals surface area contributed by atoms with Gasteiger partial charge in [0.15, 0.2) is 0 Å². The quantitative estimate of drug-likeness (QED) is 0.833. The minimum absolute atomic E-state index is 0.176. The largest absolute Gasteiger partial charge is 0.353 e. The summed E-state index contributed by atoms with van der Waals surface area (Å²) in [6, 6.07) is 0.348. The topological polar surface area (TPSA) is 55.1 Å². The van der Waals surface area contributed by atoms with Crippen LogP contribution < -0.4 is 11.1 Å². The van der Waals surface area contributed by atoms with Crippen molar-refractivity contribution in [3.05, 3.63) is 0 Å². The predicted molar refractivity (Wildman–Crippen MR) is 83.3 cm³/mol. The molecule has 0 saturated heterocycles. The molecule has 3 N–H and O–H groups in total. The number of carbonyl (C=O) groups excluding carboxylic acids is 1. The lowest BCUT2D eigenvalue weighted by atomic mass is 9.69. The Morgan fingerprint density at radius 2 is 1.75 bits per heavy atom. The summed E-state index contributed by atoms with van der Waals surface area (Å²) in [5.74, 6) is 0.771. The molecule has 0 bridgehead atoms. The first kappa shape index (κ1) is 15.8. The molecule has 116 valence electrons. The van der Waals surface area contributed by atoms with Crippen LogP contribution in [0.1, 0.15) is 78.6 Å². The molecule has 2 unspecified atom stereocenters. The van der Waals surface area contributed by atoms with Crippen LogP contribution in [0.25, 0.3) is 0 Å². The van der Waals surface area contributed by atoms with Crippen LogP contribution in [-0.4, -0.2) is 17.5 Å². The van der Waals surface area contributed by atoms with E-state index in [1.54, 1.807) is 0 Å². The van der Waals surface area contributed by atoms with Crippen LogP contribution >= 0.6 is 0 Å². The summed E-state index contributed by atoms with van der Waals surface area (Å²) in [6.45, 7) is 6.89. The van der Waals surface area contributed by atoms with Crippen molar-refractivity contribution in [3.8, 4) is 0 Å². The predicted octanol–water partition coefficient (Wildman–Crippen LogP) is 3.37. The fourth-order valence-corrected chi connectivity index (χ4v) is 4.17. The Morgan fingerprint density at radius 1 is 1.15 bits per heavy atom. The highest BCUT2D eigenvalue weighted by Gasteiger charge is 2.37. The number of amides is 1. The van der Waals surface area contributed by atoms with Gasteiger partial charge in [0.1, 0.15) is 0 Å². The van der Waals surface area contributed by atoms with Crippen molar-refractivity contribution >= 4 is 5.91 Å². The maximum Gasteiger partial charge on any atom is 0.222 e. The normalized spacial score (nSPS) is 30.2. The van der Waals surface area contributed by atoms with Gasteiger partial charge in [0, 0.05) is 18.0 Å². The van der Waals surface area contributed by atoms with E-state index in [2.05, 4.69) is 26.1 Å². The number of nitrogens with one attached hydrogen (secondary N) is 1. The van der Waals surface area contributed by atoms with Crippen LogP contribution in [0.3, 0.4) is 0 Å². The SMILES string of the molecule is CC(C)(C)C1CCCCC1NC(=O)CC1(N)CCCC1. The van der Waals surface area contributed by atoms with E-state index < -0.39 is 0 Å². The Morgan fingerprint density at radius 3 is 2.35 bits per heavy atom.